The third-order valence-electron chi connectivity index (χ3n) is 3.23. The summed E-state index contributed by atoms with van der Waals surface area (Å²) in [6.07, 6.45) is 0. The van der Waals surface area contributed by atoms with Crippen LogP contribution in [-0.2, 0) is 7.05 Å². The Labute approximate surface area is 114 Å². The highest BCUT2D eigenvalue weighted by Crippen LogP contribution is 2.29. The summed E-state index contributed by atoms with van der Waals surface area (Å²) in [6.45, 7) is 0. The molecule has 2 N–H and O–H groups in total. The summed E-state index contributed by atoms with van der Waals surface area (Å²) in [7, 11) is 1.73. The maximum absolute atomic E-state index is 11.0. The van der Waals surface area contributed by atoms with Crippen molar-refractivity contribution in [3.8, 4) is 11.4 Å². The average molecular weight is 275 g/mol. The highest BCUT2D eigenvalue weighted by Gasteiger charge is 2.14. The van der Waals surface area contributed by atoms with Crippen molar-refractivity contribution < 1.29 is 9.90 Å². The lowest BCUT2D eigenvalue weighted by Gasteiger charge is -2.02. The summed E-state index contributed by atoms with van der Waals surface area (Å²) in [4.78, 5) is 14.3. The van der Waals surface area contributed by atoms with Gasteiger partial charge in [0.2, 0.25) is 0 Å². The summed E-state index contributed by atoms with van der Waals surface area (Å²) in [5.74, 6) is -0.942. The van der Waals surface area contributed by atoms with E-state index in [9.17, 15) is 4.79 Å². The molecule has 2 heterocycles. The zero-order chi connectivity index (χ0) is 13.6. The Balaban J connectivity index is 2.20. The SMILES string of the molecule is Cn1c(C(=O)O)ccc1-c1cc2c(Cl)cccc2[nH]1. The van der Waals surface area contributed by atoms with Crippen LogP contribution in [0.15, 0.2) is 36.4 Å². The Morgan fingerprint density at radius 3 is 2.74 bits per heavy atom. The quantitative estimate of drug-likeness (QED) is 0.751. The molecule has 19 heavy (non-hydrogen) atoms. The molecule has 2 aromatic heterocycles. The van der Waals surface area contributed by atoms with Gasteiger partial charge in [0, 0.05) is 23.0 Å². The number of nitrogens with zero attached hydrogens (tertiary/aromatic N) is 1. The lowest BCUT2D eigenvalue weighted by molar-refractivity contribution is 0.0687. The average Bonchev–Trinajstić information content (AvgIpc) is 2.93. The van der Waals surface area contributed by atoms with E-state index in [0.717, 1.165) is 22.3 Å². The summed E-state index contributed by atoms with van der Waals surface area (Å²) >= 11 is 6.13. The minimum absolute atomic E-state index is 0.250. The molecular weight excluding hydrogens is 264 g/mol. The lowest BCUT2D eigenvalue weighted by Crippen LogP contribution is -2.05. The van der Waals surface area contributed by atoms with Crippen molar-refractivity contribution in [3.05, 3.63) is 47.1 Å². The highest BCUT2D eigenvalue weighted by molar-refractivity contribution is 6.35. The first kappa shape index (κ1) is 11.9. The van der Waals surface area contributed by atoms with E-state index in [2.05, 4.69) is 4.98 Å². The van der Waals surface area contributed by atoms with Crippen LogP contribution in [0.5, 0.6) is 0 Å². The first-order valence-electron chi connectivity index (χ1n) is 5.74. The van der Waals surface area contributed by atoms with E-state index >= 15 is 0 Å². The fourth-order valence-electron chi connectivity index (χ4n) is 2.25. The zero-order valence-electron chi connectivity index (χ0n) is 10.1. The molecule has 3 aromatic rings. The number of carbonyl (C=O) groups is 1. The normalized spacial score (nSPS) is 11.1. The van der Waals surface area contributed by atoms with Gasteiger partial charge in [0.15, 0.2) is 0 Å². The van der Waals surface area contributed by atoms with Crippen LogP contribution in [0.1, 0.15) is 10.5 Å². The fraction of sp³-hybridized carbons (Fsp3) is 0.0714. The predicted octanol–water partition coefficient (Wildman–Crippen LogP) is 3.53. The summed E-state index contributed by atoms with van der Waals surface area (Å²) in [6, 6.07) is 10.9. The number of aromatic nitrogens is 2. The lowest BCUT2D eigenvalue weighted by atomic mass is 10.2. The number of aromatic amines is 1. The number of carboxylic acid groups (broad SMARTS) is 1. The summed E-state index contributed by atoms with van der Waals surface area (Å²) < 4.78 is 1.64. The minimum atomic E-state index is -0.942. The summed E-state index contributed by atoms with van der Waals surface area (Å²) in [5.41, 5.74) is 2.84. The first-order valence-corrected chi connectivity index (χ1v) is 6.12. The molecular formula is C14H11ClN2O2. The number of fused-ring (bicyclic) bond motifs is 1. The van der Waals surface area contributed by atoms with Crippen LogP contribution in [-0.4, -0.2) is 20.6 Å². The van der Waals surface area contributed by atoms with Crippen LogP contribution in [0.25, 0.3) is 22.3 Å². The van der Waals surface area contributed by atoms with Gasteiger partial charge in [0.25, 0.3) is 0 Å². The van der Waals surface area contributed by atoms with Gasteiger partial charge >= 0.3 is 5.97 Å². The highest BCUT2D eigenvalue weighted by atomic mass is 35.5. The van der Waals surface area contributed by atoms with Crippen LogP contribution in [0.2, 0.25) is 5.02 Å². The van der Waals surface area contributed by atoms with Crippen LogP contribution in [0.4, 0.5) is 0 Å². The summed E-state index contributed by atoms with van der Waals surface area (Å²) in [5, 5.41) is 10.7. The molecule has 0 spiro atoms. The minimum Gasteiger partial charge on any atom is -0.477 e. The van der Waals surface area contributed by atoms with Crippen LogP contribution in [0, 0.1) is 0 Å². The smallest absolute Gasteiger partial charge is 0.352 e. The Bertz CT molecular complexity index is 786. The number of benzene rings is 1. The fourth-order valence-corrected chi connectivity index (χ4v) is 2.48. The third kappa shape index (κ3) is 1.81. The molecule has 0 aliphatic rings. The molecule has 3 rings (SSSR count). The Morgan fingerprint density at radius 2 is 2.11 bits per heavy atom. The van der Waals surface area contributed by atoms with E-state index in [1.54, 1.807) is 23.7 Å². The molecule has 0 aliphatic heterocycles. The van der Waals surface area contributed by atoms with Crippen LogP contribution < -0.4 is 0 Å². The number of hydrogen-bond acceptors (Lipinski definition) is 1. The molecule has 96 valence electrons. The van der Waals surface area contributed by atoms with Gasteiger partial charge in [-0.15, -0.1) is 0 Å². The molecule has 0 atom stereocenters. The topological polar surface area (TPSA) is 58.0 Å². The van der Waals surface area contributed by atoms with Gasteiger partial charge in [-0.2, -0.15) is 0 Å². The molecule has 1 aromatic carbocycles. The van der Waals surface area contributed by atoms with Gasteiger partial charge in [0.1, 0.15) is 5.69 Å². The molecule has 0 aliphatic carbocycles. The van der Waals surface area contributed by atoms with E-state index in [1.165, 1.54) is 0 Å². The third-order valence-corrected chi connectivity index (χ3v) is 3.56. The van der Waals surface area contributed by atoms with Crippen molar-refractivity contribution in [3.63, 3.8) is 0 Å². The van der Waals surface area contributed by atoms with E-state index < -0.39 is 5.97 Å². The van der Waals surface area contributed by atoms with Gasteiger partial charge in [-0.1, -0.05) is 17.7 Å². The standard InChI is InChI=1S/C14H11ClN2O2/c1-17-12(5-6-13(17)14(18)19)11-7-8-9(15)3-2-4-10(8)16-11/h2-7,16H,1H3,(H,18,19). The molecule has 4 nitrogen and oxygen atoms in total. The van der Waals surface area contributed by atoms with E-state index in [0.29, 0.717) is 5.02 Å². The Hall–Kier alpha value is -2.20. The van der Waals surface area contributed by atoms with Crippen molar-refractivity contribution in [1.29, 1.82) is 0 Å². The number of carboxylic acids is 1. The second-order valence-electron chi connectivity index (χ2n) is 4.35. The molecule has 5 heteroatoms. The largest absolute Gasteiger partial charge is 0.477 e. The number of rotatable bonds is 2. The van der Waals surface area contributed by atoms with Crippen molar-refractivity contribution in [2.45, 2.75) is 0 Å². The van der Waals surface area contributed by atoms with Crippen LogP contribution in [0.3, 0.4) is 0 Å². The van der Waals surface area contributed by atoms with Crippen molar-refractivity contribution >= 4 is 28.5 Å². The second kappa shape index (κ2) is 4.17. The van der Waals surface area contributed by atoms with Gasteiger partial charge in [-0.3, -0.25) is 0 Å². The maximum Gasteiger partial charge on any atom is 0.352 e. The van der Waals surface area contributed by atoms with Gasteiger partial charge < -0.3 is 14.7 Å². The zero-order valence-corrected chi connectivity index (χ0v) is 10.9. The van der Waals surface area contributed by atoms with Gasteiger partial charge in [0.05, 0.1) is 11.4 Å². The van der Waals surface area contributed by atoms with E-state index in [1.807, 2.05) is 24.3 Å². The van der Waals surface area contributed by atoms with Crippen molar-refractivity contribution in [2.75, 3.05) is 0 Å². The van der Waals surface area contributed by atoms with Gasteiger partial charge in [-0.25, -0.2) is 4.79 Å². The number of nitrogens with one attached hydrogen (secondary N) is 1. The van der Waals surface area contributed by atoms with Gasteiger partial charge in [-0.05, 0) is 30.3 Å². The van der Waals surface area contributed by atoms with E-state index in [4.69, 9.17) is 16.7 Å². The molecule has 0 saturated carbocycles. The Kier molecular flexibility index (Phi) is 2.61. The molecule has 0 bridgehead atoms. The van der Waals surface area contributed by atoms with Crippen LogP contribution >= 0.6 is 11.6 Å². The maximum atomic E-state index is 11.0. The van der Waals surface area contributed by atoms with Crippen molar-refractivity contribution in [1.82, 2.24) is 9.55 Å². The number of hydrogen-bond donors (Lipinski definition) is 2. The van der Waals surface area contributed by atoms with Crippen molar-refractivity contribution in [2.24, 2.45) is 7.05 Å². The molecule has 0 fully saturated rings. The molecule has 0 unspecified atom stereocenters. The Morgan fingerprint density at radius 1 is 1.32 bits per heavy atom. The monoisotopic (exact) mass is 274 g/mol. The molecule has 0 radical (unpaired) electrons. The number of H-pyrrole nitrogens is 1. The predicted molar refractivity (Wildman–Crippen MR) is 74.7 cm³/mol. The number of aromatic carboxylic acids is 1. The first-order chi connectivity index (χ1) is 9.08. The number of halogens is 1. The second-order valence-corrected chi connectivity index (χ2v) is 4.76. The van der Waals surface area contributed by atoms with E-state index in [-0.39, 0.29) is 5.69 Å². The molecule has 0 saturated heterocycles. The molecule has 0 amide bonds.